The van der Waals surface area contributed by atoms with Crippen LogP contribution in [0.4, 0.5) is 26.7 Å². The molecule has 35 nitrogen and oxygen atoms in total. The number of nitrogens with one attached hydrogen (secondary N) is 4. The van der Waals surface area contributed by atoms with Crippen molar-refractivity contribution in [2.75, 3.05) is 91.9 Å². The van der Waals surface area contributed by atoms with E-state index in [2.05, 4.69) is 27.8 Å². The van der Waals surface area contributed by atoms with E-state index in [9.17, 15) is 97.5 Å². The maximum absolute atomic E-state index is 14.7. The van der Waals surface area contributed by atoms with E-state index in [4.69, 9.17) is 66.8 Å². The lowest BCUT2D eigenvalue weighted by molar-refractivity contribution is -0.277. The monoisotopic (exact) mass is 1850 g/mol. The van der Waals surface area contributed by atoms with E-state index < -0.39 is 174 Å². The third kappa shape index (κ3) is 25.0. The Morgan fingerprint density at radius 3 is 1.74 bits per heavy atom. The molecule has 0 spiro atoms. The van der Waals surface area contributed by atoms with Gasteiger partial charge in [0.1, 0.15) is 73.5 Å². The lowest BCUT2D eigenvalue weighted by Gasteiger charge is -2.39. The summed E-state index contributed by atoms with van der Waals surface area (Å²) in [6, 6.07) is 26.6. The van der Waals surface area contributed by atoms with Crippen molar-refractivity contribution in [1.29, 1.82) is 0 Å². The molecule has 18 atom stereocenters. The van der Waals surface area contributed by atoms with Crippen LogP contribution in [0.3, 0.4) is 0 Å². The van der Waals surface area contributed by atoms with E-state index in [1.54, 1.807) is 91.0 Å². The third-order valence-electron chi connectivity index (χ3n) is 23.8. The first-order valence-electron chi connectivity index (χ1n) is 42.7. The maximum Gasteiger partial charge on any atom is 0.420 e. The van der Waals surface area contributed by atoms with Gasteiger partial charge in [-0.15, -0.1) is 35.0 Å². The number of carbonyl (C=O) groups excluding carboxylic acids is 9. The van der Waals surface area contributed by atoms with Crippen molar-refractivity contribution in [2.45, 2.75) is 176 Å². The number of urea groups is 1. The average Bonchev–Trinajstić information content (AvgIpc) is 1.61. The van der Waals surface area contributed by atoms with Crippen molar-refractivity contribution in [1.82, 2.24) is 15.4 Å². The Balaban J connectivity index is 0.666. The highest BCUT2D eigenvalue weighted by atomic mass is 35.5. The summed E-state index contributed by atoms with van der Waals surface area (Å²) in [6.45, 7) is -0.468. The molecule has 38 heteroatoms. The second-order valence-electron chi connectivity index (χ2n) is 32.6. The number of halogens is 2. The number of anilines is 3. The van der Waals surface area contributed by atoms with Crippen LogP contribution in [0.25, 0.3) is 33.7 Å². The fourth-order valence-electron chi connectivity index (χ4n) is 16.8. The number of nitrogens with zero attached hydrogens (tertiary/aromatic N) is 2. The van der Waals surface area contributed by atoms with Crippen LogP contribution in [0.15, 0.2) is 115 Å². The zero-order valence-corrected chi connectivity index (χ0v) is 72.9. The maximum atomic E-state index is 14.7. The van der Waals surface area contributed by atoms with Crippen LogP contribution in [-0.4, -0.2) is 258 Å². The summed E-state index contributed by atoms with van der Waals surface area (Å²) in [5.41, 5.74) is 9.37. The van der Waals surface area contributed by atoms with E-state index in [-0.39, 0.29) is 138 Å². The molecule has 15 N–H and O–H groups in total. The Labute approximate surface area is 753 Å². The molecule has 2 unspecified atom stereocenters. The van der Waals surface area contributed by atoms with Crippen LogP contribution < -0.4 is 45.7 Å². The molecule has 6 aromatic rings. The number of esters is 2. The number of aliphatic hydroxyl groups is 9. The summed E-state index contributed by atoms with van der Waals surface area (Å²) in [5, 5.41) is 105. The highest BCUT2D eigenvalue weighted by molar-refractivity contribution is 7.90. The Kier molecular flexibility index (Phi) is 34.4. The van der Waals surface area contributed by atoms with Gasteiger partial charge in [-0.3, -0.25) is 33.6 Å². The number of aliphatic hydroxyl groups excluding tert-OH is 9. The van der Waals surface area contributed by atoms with Gasteiger partial charge < -0.3 is 115 Å². The van der Waals surface area contributed by atoms with Gasteiger partial charge >= 0.3 is 24.1 Å². The minimum Gasteiger partial charge on any atom is -0.463 e. The predicted octanol–water partition coefficient (Wildman–Crippen LogP) is 4.84. The molecule has 2 aliphatic carbocycles. The van der Waals surface area contributed by atoms with Gasteiger partial charge in [0, 0.05) is 123 Å². The zero-order valence-electron chi connectivity index (χ0n) is 70.6. The quantitative estimate of drug-likeness (QED) is 0.00609. The summed E-state index contributed by atoms with van der Waals surface area (Å²) >= 11 is 13.3. The molecule has 4 heterocycles. The Hall–Kier alpha value is -10.4. The molecule has 129 heavy (non-hydrogen) atoms. The Morgan fingerprint density at radius 1 is 0.636 bits per heavy atom. The minimum absolute atomic E-state index is 0.00471. The van der Waals surface area contributed by atoms with Gasteiger partial charge in [0.25, 0.3) is 11.8 Å². The van der Waals surface area contributed by atoms with E-state index in [1.807, 2.05) is 16.9 Å². The van der Waals surface area contributed by atoms with E-state index >= 15 is 0 Å². The number of carbonyl (C=O) groups is 9. The number of hydrogen-bond acceptors (Lipinski definition) is 28. The number of amides is 7. The van der Waals surface area contributed by atoms with Crippen molar-refractivity contribution >= 4 is 137 Å². The summed E-state index contributed by atoms with van der Waals surface area (Å²) < 4.78 is 72.3. The second-order valence-corrected chi connectivity index (χ2v) is 35.1. The molecule has 694 valence electrons. The molecule has 7 amide bonds. The molecule has 0 aromatic heterocycles. The summed E-state index contributed by atoms with van der Waals surface area (Å²) in [6.07, 6.45) is -10.6. The molecule has 6 aromatic carbocycles. The number of sulfonamides is 1. The molecule has 0 bridgehead atoms. The first kappa shape index (κ1) is 97.6. The lowest BCUT2D eigenvalue weighted by atomic mass is 9.95. The number of alkyl halides is 2. The van der Waals surface area contributed by atoms with Crippen molar-refractivity contribution < 1.29 is 135 Å². The molecule has 6 aliphatic rings. The number of fused-ring (bicyclic) bond motifs is 7. The van der Waals surface area contributed by atoms with Crippen LogP contribution in [-0.2, 0) is 85.0 Å². The number of ketones is 1. The number of Topliss-reactive ketones (excluding diaryl/α,β-unsaturated/α-hetero) is 1. The SMILES string of the molecule is CC(O)[C@H](CC(=O)OCCOCCCS(=O)(=O)NC(=O)OCC1[C@H]2CCC#CCC[C@@H]12)C(=O)N[C@@H](CCCNC(N)=O)C(=O)Cc1ccc(COC(=O)CCCC(=O)Nc2cc(/C=C/C(=O)N3C[C@@H](CCl)c4c3cc(O[C@H]3O[C@H](CO)[C@@H](O)[C@H](O)[C@H]3O)c3ccccc43)ccc2/C=C/C(=O)N2C[C@@H](CCl)c3c2cc(O[C@@H]2O[C@H](CO)[C@@H](O)[C@H](O)[C@H]2O)c2ccccc32)cc1. The van der Waals surface area contributed by atoms with Crippen molar-refractivity contribution in [3.63, 3.8) is 0 Å². The molecule has 0 radical (unpaired) electrons. The fourth-order valence-corrected chi connectivity index (χ4v) is 18.2. The van der Waals surface area contributed by atoms with Gasteiger partial charge in [-0.2, -0.15) is 0 Å². The van der Waals surface area contributed by atoms with Crippen molar-refractivity contribution in [2.24, 2.45) is 29.4 Å². The van der Waals surface area contributed by atoms with Gasteiger partial charge in [0.05, 0.1) is 68.0 Å². The number of nitrogens with two attached hydrogens (primary N) is 1. The molecule has 3 fully saturated rings. The molecule has 4 aliphatic heterocycles. The number of benzene rings is 6. The van der Waals surface area contributed by atoms with Crippen LogP contribution in [0.5, 0.6) is 11.5 Å². The summed E-state index contributed by atoms with van der Waals surface area (Å²) in [4.78, 5) is 124. The third-order valence-corrected chi connectivity index (χ3v) is 25.8. The Bertz CT molecular complexity index is 5260. The number of hydrogen-bond donors (Lipinski definition) is 14. The van der Waals surface area contributed by atoms with Crippen LogP contribution in [0, 0.1) is 35.5 Å². The lowest BCUT2D eigenvalue weighted by Crippen LogP contribution is -2.60. The zero-order chi connectivity index (χ0) is 92.3. The van der Waals surface area contributed by atoms with Crippen molar-refractivity contribution in [3.05, 3.63) is 149 Å². The molecule has 1 saturated carbocycles. The smallest absolute Gasteiger partial charge is 0.420 e. The molecular weight excluding hydrogens is 1740 g/mol. The van der Waals surface area contributed by atoms with Gasteiger partial charge in [-0.25, -0.2) is 22.7 Å². The minimum atomic E-state index is -4.04. The van der Waals surface area contributed by atoms with E-state index in [0.717, 1.165) is 31.2 Å². The molecule has 2 saturated heterocycles. The average molecular weight is 1850 g/mol. The number of rotatable bonds is 41. The van der Waals surface area contributed by atoms with Gasteiger partial charge in [0.2, 0.25) is 34.4 Å². The van der Waals surface area contributed by atoms with Gasteiger partial charge in [-0.05, 0) is 126 Å². The number of primary amides is 1. The largest absolute Gasteiger partial charge is 0.463 e. The normalized spacial score (nSPS) is 24.1. The van der Waals surface area contributed by atoms with Crippen LogP contribution in [0.2, 0.25) is 0 Å². The second kappa shape index (κ2) is 45.4. The van der Waals surface area contributed by atoms with Gasteiger partial charge in [0.15, 0.2) is 5.78 Å². The highest BCUT2D eigenvalue weighted by Crippen LogP contribution is 2.53. The summed E-state index contributed by atoms with van der Waals surface area (Å²) in [7, 11) is -4.04. The summed E-state index contributed by atoms with van der Waals surface area (Å²) in [5.74, 6) is 0.579. The topological polar surface area (TPSA) is 524 Å². The fraction of sp³-hybridized carbons (Fsp3) is 0.484. The first-order valence-corrected chi connectivity index (χ1v) is 45.4. The standard InChI is InChI=1S/C91H107Cl2N7O28S/c1-50(103)63(39-78(109)122-35-34-121-33-12-36-129(119,120)98-91(118)124-49-64-57-13-4-2-3-5-14-58(57)64)87(116)97-65(19-11-32-95-90(94)117)69(104)38-52-22-24-53(25-23-52)48-123-77(108)21-10-20-74(105)96-66-37-51(27-30-75(106)99-44-55(42-92)79-61-17-8-6-15-59(61)70(40-67(79)99)125-88-85(114)83(112)81(110)72(46-101)127-88)26-28-54(66)29-31-76(107)100-45-56(43-93)80-62-18-9-7-16-60(62)71(41-68(80)100)126-89-86(115)84(113)82(111)73(47-102)128-89/h6-9,15-18,22-31,37,40-41,50,55-58,63-65,72-73,81-86,88-89,101-103,110-115H,4-5,10-14,19-21,32-36,38-39,42-49H2,1H3,(H,96,105)(H,97,116)(H,98,118)(H3,94,95,117)/b30-27+,31-29+/t50?,55-,56-,57-,58+,63+,64?,65+,72-,73-,81-,82-,83+,84+,85-,86-,88+,89-/m1/s1. The van der Waals surface area contributed by atoms with E-state index in [1.165, 1.54) is 41.0 Å². The van der Waals surface area contributed by atoms with Crippen LogP contribution in [0.1, 0.15) is 123 Å². The first-order chi connectivity index (χ1) is 62.0. The molecule has 12 rings (SSSR count). The predicted molar refractivity (Wildman–Crippen MR) is 470 cm³/mol. The molecular formula is C91H107Cl2N7O28S. The van der Waals surface area contributed by atoms with Crippen LogP contribution >= 0.6 is 23.2 Å². The highest BCUT2D eigenvalue weighted by Gasteiger charge is 2.51. The number of ether oxygens (including phenoxy) is 8. The van der Waals surface area contributed by atoms with E-state index in [0.29, 0.717) is 72.6 Å². The van der Waals surface area contributed by atoms with Gasteiger partial charge in [-0.1, -0.05) is 84.9 Å². The Morgan fingerprint density at radius 2 is 1.19 bits per heavy atom. The van der Waals surface area contributed by atoms with Crippen molar-refractivity contribution in [3.8, 4) is 23.3 Å².